The molecule has 0 radical (unpaired) electrons. The van der Waals surface area contributed by atoms with Gasteiger partial charge in [-0.05, 0) is 55.7 Å². The van der Waals surface area contributed by atoms with E-state index in [0.717, 1.165) is 5.92 Å². The average molecular weight is 279 g/mol. The molecule has 1 N–H and O–H groups in total. The third-order valence-corrected chi connectivity index (χ3v) is 4.06. The van der Waals surface area contributed by atoms with Gasteiger partial charge in [0.15, 0.2) is 0 Å². The third-order valence-electron chi connectivity index (χ3n) is 3.41. The fourth-order valence-electron chi connectivity index (χ4n) is 2.31. The lowest BCUT2D eigenvalue weighted by Crippen LogP contribution is -2.29. The van der Waals surface area contributed by atoms with Crippen LogP contribution in [0.1, 0.15) is 51.3 Å². The quantitative estimate of drug-likeness (QED) is 0.741. The van der Waals surface area contributed by atoms with Crippen LogP contribution in [0.4, 0.5) is 0 Å². The van der Waals surface area contributed by atoms with Gasteiger partial charge in [-0.1, -0.05) is 38.1 Å². The van der Waals surface area contributed by atoms with Gasteiger partial charge in [-0.3, -0.25) is 0 Å². The van der Waals surface area contributed by atoms with Crippen molar-refractivity contribution in [3.05, 3.63) is 35.4 Å². The van der Waals surface area contributed by atoms with E-state index >= 15 is 0 Å². The molecule has 2 atom stereocenters. The molecule has 108 valence electrons. The second-order valence-electron chi connectivity index (χ2n) is 5.91. The van der Waals surface area contributed by atoms with Gasteiger partial charge in [0.2, 0.25) is 0 Å². The summed E-state index contributed by atoms with van der Waals surface area (Å²) >= 11 is 1.92. The lowest BCUT2D eigenvalue weighted by molar-refractivity contribution is 0.471. The highest BCUT2D eigenvalue weighted by molar-refractivity contribution is 7.98. The van der Waals surface area contributed by atoms with Crippen molar-refractivity contribution in [1.29, 1.82) is 0 Å². The molecule has 0 spiro atoms. The van der Waals surface area contributed by atoms with E-state index < -0.39 is 0 Å². The van der Waals surface area contributed by atoms with Crippen molar-refractivity contribution < 1.29 is 0 Å². The van der Waals surface area contributed by atoms with Crippen molar-refractivity contribution in [2.24, 2.45) is 5.92 Å². The molecule has 0 aliphatic carbocycles. The molecule has 1 rings (SSSR count). The first kappa shape index (κ1) is 16.6. The summed E-state index contributed by atoms with van der Waals surface area (Å²) in [5.74, 6) is 1.96. The Morgan fingerprint density at radius 1 is 1.05 bits per heavy atom. The van der Waals surface area contributed by atoms with Gasteiger partial charge in [-0.25, -0.2) is 0 Å². The zero-order valence-electron chi connectivity index (χ0n) is 13.1. The smallest absolute Gasteiger partial charge is 0.0294 e. The first-order chi connectivity index (χ1) is 9.02. The van der Waals surface area contributed by atoms with Gasteiger partial charge in [0.1, 0.15) is 0 Å². The topological polar surface area (TPSA) is 12.0 Å². The molecule has 0 aliphatic rings. The zero-order chi connectivity index (χ0) is 14.3. The van der Waals surface area contributed by atoms with Crippen LogP contribution in [0.15, 0.2) is 24.3 Å². The molecule has 0 saturated carbocycles. The van der Waals surface area contributed by atoms with E-state index in [4.69, 9.17) is 0 Å². The fourth-order valence-corrected chi connectivity index (χ4v) is 2.90. The van der Waals surface area contributed by atoms with Crippen molar-refractivity contribution in [2.75, 3.05) is 12.0 Å². The first-order valence-electron chi connectivity index (χ1n) is 7.36. The summed E-state index contributed by atoms with van der Waals surface area (Å²) in [7, 11) is 0. The summed E-state index contributed by atoms with van der Waals surface area (Å²) in [5, 5.41) is 3.68. The molecule has 2 heteroatoms. The minimum absolute atomic E-state index is 0.435. The first-order valence-corrected chi connectivity index (χ1v) is 8.76. The number of thioether (sulfide) groups is 1. The predicted molar refractivity (Wildman–Crippen MR) is 89.0 cm³/mol. The molecule has 1 nitrogen and oxygen atoms in total. The van der Waals surface area contributed by atoms with E-state index in [9.17, 15) is 0 Å². The van der Waals surface area contributed by atoms with Gasteiger partial charge < -0.3 is 5.32 Å². The molecule has 0 aromatic heterocycles. The van der Waals surface area contributed by atoms with E-state index in [1.165, 1.54) is 29.7 Å². The minimum Gasteiger partial charge on any atom is -0.308 e. The summed E-state index contributed by atoms with van der Waals surface area (Å²) in [6.45, 7) is 9.07. The average Bonchev–Trinajstić information content (AvgIpc) is 2.36. The molecule has 0 aliphatic heterocycles. The summed E-state index contributed by atoms with van der Waals surface area (Å²) < 4.78 is 0. The Bertz CT molecular complexity index is 345. The lowest BCUT2D eigenvalue weighted by atomic mass is 9.99. The highest BCUT2D eigenvalue weighted by Gasteiger charge is 2.09. The van der Waals surface area contributed by atoms with Gasteiger partial charge in [-0.2, -0.15) is 11.8 Å². The van der Waals surface area contributed by atoms with Crippen LogP contribution in [0.2, 0.25) is 0 Å². The molecular formula is C17H29NS. The highest BCUT2D eigenvalue weighted by Crippen LogP contribution is 2.16. The van der Waals surface area contributed by atoms with Crippen LogP contribution in [-0.4, -0.2) is 18.1 Å². The molecule has 0 bridgehead atoms. The van der Waals surface area contributed by atoms with Gasteiger partial charge in [0.25, 0.3) is 0 Å². The maximum absolute atomic E-state index is 3.68. The molecule has 19 heavy (non-hydrogen) atoms. The lowest BCUT2D eigenvalue weighted by Gasteiger charge is -2.20. The normalized spacial score (nSPS) is 14.6. The number of benzene rings is 1. The largest absolute Gasteiger partial charge is 0.308 e. The molecule has 2 unspecified atom stereocenters. The Labute approximate surface area is 123 Å². The van der Waals surface area contributed by atoms with Crippen LogP contribution in [0.25, 0.3) is 0 Å². The van der Waals surface area contributed by atoms with Gasteiger partial charge in [0, 0.05) is 12.1 Å². The van der Waals surface area contributed by atoms with Crippen molar-refractivity contribution in [1.82, 2.24) is 5.32 Å². The third kappa shape index (κ3) is 6.49. The van der Waals surface area contributed by atoms with Crippen molar-refractivity contribution in [3.8, 4) is 0 Å². The van der Waals surface area contributed by atoms with Crippen LogP contribution < -0.4 is 5.32 Å². The number of nitrogens with one attached hydrogen (secondary N) is 1. The van der Waals surface area contributed by atoms with Crippen LogP contribution >= 0.6 is 11.8 Å². The fraction of sp³-hybridized carbons (Fsp3) is 0.647. The van der Waals surface area contributed by atoms with E-state index in [0.29, 0.717) is 12.1 Å². The summed E-state index contributed by atoms with van der Waals surface area (Å²) in [5.41, 5.74) is 2.84. The predicted octanol–water partition coefficient (Wildman–Crippen LogP) is 4.68. The van der Waals surface area contributed by atoms with Crippen molar-refractivity contribution in [3.63, 3.8) is 0 Å². The van der Waals surface area contributed by atoms with Gasteiger partial charge >= 0.3 is 0 Å². The molecule has 0 heterocycles. The Balaban J connectivity index is 2.50. The molecular weight excluding hydrogens is 250 g/mol. The Hall–Kier alpha value is -0.470. The number of hydrogen-bond donors (Lipinski definition) is 1. The Kier molecular flexibility index (Phi) is 7.55. The Morgan fingerprint density at radius 2 is 1.68 bits per heavy atom. The van der Waals surface area contributed by atoms with Gasteiger partial charge in [0.05, 0.1) is 0 Å². The highest BCUT2D eigenvalue weighted by atomic mass is 32.2. The zero-order valence-corrected chi connectivity index (χ0v) is 13.9. The second kappa shape index (κ2) is 8.65. The number of hydrogen-bond acceptors (Lipinski definition) is 2. The van der Waals surface area contributed by atoms with Crippen molar-refractivity contribution in [2.45, 2.75) is 52.6 Å². The van der Waals surface area contributed by atoms with Crippen molar-refractivity contribution >= 4 is 11.8 Å². The maximum Gasteiger partial charge on any atom is 0.0294 e. The summed E-state index contributed by atoms with van der Waals surface area (Å²) in [4.78, 5) is 0. The van der Waals surface area contributed by atoms with E-state index in [2.05, 4.69) is 63.5 Å². The SMILES string of the molecule is CSCCC(C)NC(C)c1ccc(CC(C)C)cc1. The molecule has 0 amide bonds. The summed E-state index contributed by atoms with van der Waals surface area (Å²) in [6, 6.07) is 10.1. The Morgan fingerprint density at radius 3 is 2.21 bits per heavy atom. The molecule has 0 saturated heterocycles. The van der Waals surface area contributed by atoms with E-state index in [1.807, 2.05) is 11.8 Å². The molecule has 1 aromatic carbocycles. The van der Waals surface area contributed by atoms with Gasteiger partial charge in [-0.15, -0.1) is 0 Å². The van der Waals surface area contributed by atoms with Crippen LogP contribution in [0.5, 0.6) is 0 Å². The minimum atomic E-state index is 0.435. The maximum atomic E-state index is 3.68. The second-order valence-corrected chi connectivity index (χ2v) is 6.90. The summed E-state index contributed by atoms with van der Waals surface area (Å²) in [6.07, 6.45) is 4.58. The molecule has 1 aromatic rings. The number of rotatable bonds is 8. The standard InChI is InChI=1S/C17H29NS/c1-13(2)12-16-6-8-17(9-7-16)15(4)18-14(3)10-11-19-5/h6-9,13-15,18H,10-12H2,1-5H3. The van der Waals surface area contributed by atoms with E-state index in [-0.39, 0.29) is 0 Å². The van der Waals surface area contributed by atoms with Crippen LogP contribution in [-0.2, 0) is 6.42 Å². The van der Waals surface area contributed by atoms with E-state index in [1.54, 1.807) is 0 Å². The van der Waals surface area contributed by atoms with Crippen LogP contribution in [0.3, 0.4) is 0 Å². The monoisotopic (exact) mass is 279 g/mol. The molecule has 0 fully saturated rings. The van der Waals surface area contributed by atoms with Crippen LogP contribution in [0, 0.1) is 5.92 Å².